The molecular formula is C20H33ClN4. The molecule has 0 saturated carbocycles. The van der Waals surface area contributed by atoms with Crippen molar-refractivity contribution in [3.05, 3.63) is 34.9 Å². The molecule has 1 aliphatic rings. The minimum atomic E-state index is 0.635. The third-order valence-electron chi connectivity index (χ3n) is 4.73. The zero-order valence-electron chi connectivity index (χ0n) is 15.9. The number of hydrogen-bond donors (Lipinski definition) is 2. The van der Waals surface area contributed by atoms with Crippen molar-refractivity contribution < 1.29 is 0 Å². The summed E-state index contributed by atoms with van der Waals surface area (Å²) in [5, 5.41) is 7.59. The summed E-state index contributed by atoms with van der Waals surface area (Å²) in [5.74, 6) is 1.59. The average molecular weight is 365 g/mol. The van der Waals surface area contributed by atoms with Crippen molar-refractivity contribution >= 4 is 17.6 Å². The smallest absolute Gasteiger partial charge is 0.191 e. The predicted molar refractivity (Wildman–Crippen MR) is 109 cm³/mol. The summed E-state index contributed by atoms with van der Waals surface area (Å²) >= 11 is 6.05. The number of hydrogen-bond acceptors (Lipinski definition) is 2. The minimum absolute atomic E-state index is 0.635. The highest BCUT2D eigenvalue weighted by Gasteiger charge is 2.21. The SMILES string of the molecule is CCNC(=NCC1CCCN(C(C)C)C1)NCCc1cccc(Cl)c1. The van der Waals surface area contributed by atoms with E-state index in [2.05, 4.69) is 42.4 Å². The maximum atomic E-state index is 6.05. The predicted octanol–water partition coefficient (Wildman–Crippen LogP) is 3.56. The Hall–Kier alpha value is -1.26. The molecule has 1 atom stereocenters. The van der Waals surface area contributed by atoms with E-state index in [1.54, 1.807) is 0 Å². The Balaban J connectivity index is 1.81. The van der Waals surface area contributed by atoms with Crippen LogP contribution in [-0.2, 0) is 6.42 Å². The fourth-order valence-corrected chi connectivity index (χ4v) is 3.51. The molecule has 0 radical (unpaired) electrons. The number of halogens is 1. The molecule has 1 aromatic carbocycles. The third-order valence-corrected chi connectivity index (χ3v) is 4.96. The van der Waals surface area contributed by atoms with Crippen LogP contribution < -0.4 is 10.6 Å². The van der Waals surface area contributed by atoms with Crippen LogP contribution in [-0.4, -0.2) is 49.6 Å². The molecular weight excluding hydrogens is 332 g/mol. The Morgan fingerprint density at radius 1 is 1.36 bits per heavy atom. The van der Waals surface area contributed by atoms with E-state index in [0.29, 0.717) is 12.0 Å². The molecule has 0 spiro atoms. The number of nitrogens with one attached hydrogen (secondary N) is 2. The van der Waals surface area contributed by atoms with Gasteiger partial charge >= 0.3 is 0 Å². The van der Waals surface area contributed by atoms with Gasteiger partial charge in [-0.3, -0.25) is 4.99 Å². The van der Waals surface area contributed by atoms with Crippen LogP contribution in [0.4, 0.5) is 0 Å². The number of rotatable bonds is 7. The fraction of sp³-hybridized carbons (Fsp3) is 0.650. The number of piperidine rings is 1. The second kappa shape index (κ2) is 10.7. The van der Waals surface area contributed by atoms with Crippen molar-refractivity contribution in [2.24, 2.45) is 10.9 Å². The fourth-order valence-electron chi connectivity index (χ4n) is 3.30. The largest absolute Gasteiger partial charge is 0.357 e. The molecule has 1 aliphatic heterocycles. The van der Waals surface area contributed by atoms with E-state index in [-0.39, 0.29) is 0 Å². The van der Waals surface area contributed by atoms with E-state index in [4.69, 9.17) is 16.6 Å². The third kappa shape index (κ3) is 7.25. The molecule has 4 nitrogen and oxygen atoms in total. The van der Waals surface area contributed by atoms with Crippen molar-refractivity contribution in [1.82, 2.24) is 15.5 Å². The van der Waals surface area contributed by atoms with E-state index in [0.717, 1.165) is 37.0 Å². The molecule has 1 fully saturated rings. The van der Waals surface area contributed by atoms with Crippen LogP contribution in [0.1, 0.15) is 39.2 Å². The lowest BCUT2D eigenvalue weighted by Crippen LogP contribution is -2.42. The van der Waals surface area contributed by atoms with Crippen molar-refractivity contribution in [1.29, 1.82) is 0 Å². The summed E-state index contributed by atoms with van der Waals surface area (Å²) < 4.78 is 0. The van der Waals surface area contributed by atoms with Gasteiger partial charge in [-0.2, -0.15) is 0 Å². The van der Waals surface area contributed by atoms with Crippen LogP contribution in [0.3, 0.4) is 0 Å². The standard InChI is InChI=1S/C20H33ClN4/c1-4-22-20(23-11-10-17-7-5-9-19(21)13-17)24-14-18-8-6-12-25(15-18)16(2)3/h5,7,9,13,16,18H,4,6,8,10-12,14-15H2,1-3H3,(H2,22,23,24). The van der Waals surface area contributed by atoms with Crippen molar-refractivity contribution in [2.75, 3.05) is 32.7 Å². The van der Waals surface area contributed by atoms with Gasteiger partial charge in [0.25, 0.3) is 0 Å². The van der Waals surface area contributed by atoms with Crippen LogP contribution >= 0.6 is 11.6 Å². The lowest BCUT2D eigenvalue weighted by Gasteiger charge is -2.34. The van der Waals surface area contributed by atoms with Crippen molar-refractivity contribution in [2.45, 2.75) is 46.1 Å². The Bertz CT molecular complexity index is 544. The van der Waals surface area contributed by atoms with Gasteiger partial charge in [-0.25, -0.2) is 0 Å². The van der Waals surface area contributed by atoms with Crippen LogP contribution in [0.5, 0.6) is 0 Å². The van der Waals surface area contributed by atoms with E-state index < -0.39 is 0 Å². The minimum Gasteiger partial charge on any atom is -0.357 e. The van der Waals surface area contributed by atoms with Gasteiger partial charge < -0.3 is 15.5 Å². The summed E-state index contributed by atoms with van der Waals surface area (Å²) in [6.07, 6.45) is 3.52. The Morgan fingerprint density at radius 3 is 2.92 bits per heavy atom. The highest BCUT2D eigenvalue weighted by molar-refractivity contribution is 6.30. The second-order valence-corrected chi connectivity index (χ2v) is 7.56. The molecule has 0 aliphatic carbocycles. The number of nitrogens with zero attached hydrogens (tertiary/aromatic N) is 2. The first kappa shape index (κ1) is 20.1. The summed E-state index contributed by atoms with van der Waals surface area (Å²) in [6, 6.07) is 8.68. The van der Waals surface area contributed by atoms with Gasteiger partial charge in [-0.05, 0) is 70.2 Å². The van der Waals surface area contributed by atoms with E-state index in [1.165, 1.54) is 31.5 Å². The van der Waals surface area contributed by atoms with Gasteiger partial charge in [0.1, 0.15) is 0 Å². The summed E-state index contributed by atoms with van der Waals surface area (Å²) in [4.78, 5) is 7.39. The van der Waals surface area contributed by atoms with Gasteiger partial charge in [0.2, 0.25) is 0 Å². The van der Waals surface area contributed by atoms with Gasteiger partial charge in [0.05, 0.1) is 0 Å². The van der Waals surface area contributed by atoms with Gasteiger partial charge in [0.15, 0.2) is 5.96 Å². The van der Waals surface area contributed by atoms with E-state index in [9.17, 15) is 0 Å². The zero-order valence-corrected chi connectivity index (χ0v) is 16.6. The maximum Gasteiger partial charge on any atom is 0.191 e. The molecule has 0 amide bonds. The number of benzene rings is 1. The highest BCUT2D eigenvalue weighted by Crippen LogP contribution is 2.18. The zero-order chi connectivity index (χ0) is 18.1. The van der Waals surface area contributed by atoms with E-state index >= 15 is 0 Å². The Kier molecular flexibility index (Phi) is 8.56. The monoisotopic (exact) mass is 364 g/mol. The molecule has 25 heavy (non-hydrogen) atoms. The molecule has 5 heteroatoms. The van der Waals surface area contributed by atoms with Crippen molar-refractivity contribution in [3.8, 4) is 0 Å². The molecule has 140 valence electrons. The first-order valence-electron chi connectivity index (χ1n) is 9.59. The molecule has 0 bridgehead atoms. The summed E-state index contributed by atoms with van der Waals surface area (Å²) in [6.45, 7) is 11.7. The molecule has 1 unspecified atom stereocenters. The highest BCUT2D eigenvalue weighted by atomic mass is 35.5. The second-order valence-electron chi connectivity index (χ2n) is 7.12. The Morgan fingerprint density at radius 2 is 2.20 bits per heavy atom. The topological polar surface area (TPSA) is 39.7 Å². The molecule has 0 aromatic heterocycles. The van der Waals surface area contributed by atoms with E-state index in [1.807, 2.05) is 18.2 Å². The molecule has 1 saturated heterocycles. The Labute approximate surface area is 158 Å². The van der Waals surface area contributed by atoms with Crippen LogP contribution in [0, 0.1) is 5.92 Å². The van der Waals surface area contributed by atoms with Gasteiger partial charge in [-0.15, -0.1) is 0 Å². The first-order chi connectivity index (χ1) is 12.1. The maximum absolute atomic E-state index is 6.05. The number of guanidine groups is 1. The molecule has 1 heterocycles. The lowest BCUT2D eigenvalue weighted by molar-refractivity contribution is 0.143. The molecule has 1 aromatic rings. The van der Waals surface area contributed by atoms with Crippen LogP contribution in [0.25, 0.3) is 0 Å². The molecule has 2 N–H and O–H groups in total. The quantitative estimate of drug-likeness (QED) is 0.574. The van der Waals surface area contributed by atoms with Crippen molar-refractivity contribution in [3.63, 3.8) is 0 Å². The average Bonchev–Trinajstić information content (AvgIpc) is 2.60. The summed E-state index contributed by atoms with van der Waals surface area (Å²) in [5.41, 5.74) is 1.25. The van der Waals surface area contributed by atoms with Crippen LogP contribution in [0.2, 0.25) is 5.02 Å². The number of aliphatic imine (C=N–C) groups is 1. The molecule has 2 rings (SSSR count). The lowest BCUT2D eigenvalue weighted by atomic mass is 9.97. The van der Waals surface area contributed by atoms with Gasteiger partial charge in [0, 0.05) is 37.2 Å². The first-order valence-corrected chi connectivity index (χ1v) is 9.97. The van der Waals surface area contributed by atoms with Crippen LogP contribution in [0.15, 0.2) is 29.3 Å². The summed E-state index contributed by atoms with van der Waals surface area (Å²) in [7, 11) is 0. The van der Waals surface area contributed by atoms with Gasteiger partial charge in [-0.1, -0.05) is 23.7 Å². The number of likely N-dealkylation sites (tertiary alicyclic amines) is 1. The normalized spacial score (nSPS) is 19.2.